The molecule has 0 atom stereocenters. The molecule has 0 saturated heterocycles. The SMILES string of the molecule is Nc1cccc(-c2cnn(C/C=C/Cl)c2)c1. The molecular formula is C12H12ClN3. The van der Waals surface area contributed by atoms with E-state index in [4.69, 9.17) is 17.3 Å². The van der Waals surface area contributed by atoms with E-state index in [0.29, 0.717) is 6.54 Å². The van der Waals surface area contributed by atoms with Gasteiger partial charge in [-0.3, -0.25) is 4.68 Å². The van der Waals surface area contributed by atoms with Crippen molar-refractivity contribution in [1.82, 2.24) is 9.78 Å². The maximum Gasteiger partial charge on any atom is 0.0601 e. The molecule has 0 aliphatic carbocycles. The van der Waals surface area contributed by atoms with Crippen molar-refractivity contribution in [1.29, 1.82) is 0 Å². The lowest BCUT2D eigenvalue weighted by atomic mass is 10.1. The van der Waals surface area contributed by atoms with Crippen LogP contribution in [0, 0.1) is 0 Å². The third kappa shape index (κ3) is 2.44. The predicted octanol–water partition coefficient (Wildman–Crippen LogP) is 2.88. The largest absolute Gasteiger partial charge is 0.399 e. The second-order valence-electron chi connectivity index (χ2n) is 3.44. The van der Waals surface area contributed by atoms with Gasteiger partial charge in [-0.1, -0.05) is 29.8 Å². The molecular weight excluding hydrogens is 222 g/mol. The molecule has 16 heavy (non-hydrogen) atoms. The van der Waals surface area contributed by atoms with Crippen LogP contribution in [0.1, 0.15) is 0 Å². The van der Waals surface area contributed by atoms with Crippen molar-refractivity contribution >= 4 is 17.3 Å². The number of rotatable bonds is 3. The molecule has 4 heteroatoms. The molecule has 0 aliphatic rings. The standard InChI is InChI=1S/C12H12ClN3/c13-5-2-6-16-9-11(8-15-16)10-3-1-4-12(14)7-10/h1-5,7-9H,6,14H2/b5-2+. The number of allylic oxidation sites excluding steroid dienone is 1. The number of benzene rings is 1. The van der Waals surface area contributed by atoms with Crippen LogP contribution in [0.5, 0.6) is 0 Å². The highest BCUT2D eigenvalue weighted by atomic mass is 35.5. The summed E-state index contributed by atoms with van der Waals surface area (Å²) in [5, 5.41) is 4.23. The van der Waals surface area contributed by atoms with Crippen LogP contribution in [0.15, 0.2) is 48.3 Å². The Labute approximate surface area is 99.1 Å². The number of hydrogen-bond acceptors (Lipinski definition) is 2. The second-order valence-corrected chi connectivity index (χ2v) is 3.69. The Balaban J connectivity index is 2.24. The van der Waals surface area contributed by atoms with Crippen LogP contribution in [0.25, 0.3) is 11.1 Å². The van der Waals surface area contributed by atoms with Crippen LogP contribution in [0.2, 0.25) is 0 Å². The third-order valence-corrected chi connectivity index (χ3v) is 2.41. The summed E-state index contributed by atoms with van der Waals surface area (Å²) in [6.45, 7) is 0.672. The Morgan fingerprint density at radius 1 is 1.38 bits per heavy atom. The second kappa shape index (κ2) is 4.86. The lowest BCUT2D eigenvalue weighted by Gasteiger charge is -1.98. The van der Waals surface area contributed by atoms with Gasteiger partial charge in [0.05, 0.1) is 12.7 Å². The summed E-state index contributed by atoms with van der Waals surface area (Å²) in [4.78, 5) is 0. The highest BCUT2D eigenvalue weighted by Crippen LogP contribution is 2.20. The van der Waals surface area contributed by atoms with Gasteiger partial charge in [0.15, 0.2) is 0 Å². The highest BCUT2D eigenvalue weighted by molar-refractivity contribution is 6.25. The molecule has 0 saturated carbocycles. The van der Waals surface area contributed by atoms with Crippen LogP contribution in [0.3, 0.4) is 0 Å². The summed E-state index contributed by atoms with van der Waals surface area (Å²) in [6.07, 6.45) is 5.61. The first-order chi connectivity index (χ1) is 7.79. The topological polar surface area (TPSA) is 43.8 Å². The summed E-state index contributed by atoms with van der Waals surface area (Å²) in [5.74, 6) is 0. The van der Waals surface area contributed by atoms with Gasteiger partial charge in [-0.05, 0) is 17.7 Å². The van der Waals surface area contributed by atoms with E-state index in [1.807, 2.05) is 47.4 Å². The van der Waals surface area contributed by atoms with E-state index in [-0.39, 0.29) is 0 Å². The summed E-state index contributed by atoms with van der Waals surface area (Å²) in [7, 11) is 0. The van der Waals surface area contributed by atoms with E-state index >= 15 is 0 Å². The van der Waals surface area contributed by atoms with Gasteiger partial charge in [0, 0.05) is 23.0 Å². The van der Waals surface area contributed by atoms with Gasteiger partial charge in [0.2, 0.25) is 0 Å². The number of hydrogen-bond donors (Lipinski definition) is 1. The predicted molar refractivity (Wildman–Crippen MR) is 67.1 cm³/mol. The minimum atomic E-state index is 0.672. The summed E-state index contributed by atoms with van der Waals surface area (Å²) in [5.41, 5.74) is 10.1. The fraction of sp³-hybridized carbons (Fsp3) is 0.0833. The van der Waals surface area contributed by atoms with E-state index in [9.17, 15) is 0 Å². The number of halogens is 1. The molecule has 1 aromatic carbocycles. The van der Waals surface area contributed by atoms with Crippen molar-refractivity contribution in [2.75, 3.05) is 5.73 Å². The minimum Gasteiger partial charge on any atom is -0.399 e. The van der Waals surface area contributed by atoms with E-state index in [1.54, 1.807) is 0 Å². The zero-order valence-electron chi connectivity index (χ0n) is 8.68. The maximum atomic E-state index is 5.73. The molecule has 0 bridgehead atoms. The average molecular weight is 234 g/mol. The first-order valence-electron chi connectivity index (χ1n) is 4.93. The van der Waals surface area contributed by atoms with Crippen molar-refractivity contribution < 1.29 is 0 Å². The summed E-state index contributed by atoms with van der Waals surface area (Å²) in [6, 6.07) is 7.73. The zero-order valence-corrected chi connectivity index (χ0v) is 9.43. The van der Waals surface area contributed by atoms with E-state index in [2.05, 4.69) is 5.10 Å². The molecule has 3 nitrogen and oxygen atoms in total. The maximum absolute atomic E-state index is 5.73. The summed E-state index contributed by atoms with van der Waals surface area (Å²) < 4.78 is 1.82. The van der Waals surface area contributed by atoms with Crippen molar-refractivity contribution in [3.05, 3.63) is 48.3 Å². The molecule has 2 aromatic rings. The number of nitrogens with zero attached hydrogens (tertiary/aromatic N) is 2. The number of nitrogen functional groups attached to an aromatic ring is 1. The van der Waals surface area contributed by atoms with Crippen LogP contribution in [-0.4, -0.2) is 9.78 Å². The van der Waals surface area contributed by atoms with Crippen LogP contribution in [0.4, 0.5) is 5.69 Å². The number of aromatic nitrogens is 2. The van der Waals surface area contributed by atoms with Gasteiger partial charge in [-0.25, -0.2) is 0 Å². The Morgan fingerprint density at radius 3 is 3.00 bits per heavy atom. The molecule has 0 fully saturated rings. The van der Waals surface area contributed by atoms with Crippen LogP contribution >= 0.6 is 11.6 Å². The monoisotopic (exact) mass is 233 g/mol. The lowest BCUT2D eigenvalue weighted by molar-refractivity contribution is 0.702. The Bertz CT molecular complexity index is 502. The van der Waals surface area contributed by atoms with Gasteiger partial charge in [0.25, 0.3) is 0 Å². The van der Waals surface area contributed by atoms with Crippen molar-refractivity contribution in [3.8, 4) is 11.1 Å². The fourth-order valence-electron chi connectivity index (χ4n) is 1.48. The molecule has 0 aliphatic heterocycles. The Kier molecular flexibility index (Phi) is 3.27. The normalized spacial score (nSPS) is 11.1. The highest BCUT2D eigenvalue weighted by Gasteiger charge is 2.00. The van der Waals surface area contributed by atoms with Gasteiger partial charge in [-0.2, -0.15) is 5.10 Å². The van der Waals surface area contributed by atoms with E-state index < -0.39 is 0 Å². The molecule has 1 aromatic heterocycles. The first-order valence-corrected chi connectivity index (χ1v) is 5.37. The molecule has 0 unspecified atom stereocenters. The smallest absolute Gasteiger partial charge is 0.0601 e. The molecule has 2 N–H and O–H groups in total. The van der Waals surface area contributed by atoms with Gasteiger partial charge >= 0.3 is 0 Å². The molecule has 0 spiro atoms. The zero-order chi connectivity index (χ0) is 11.4. The third-order valence-electron chi connectivity index (χ3n) is 2.23. The van der Waals surface area contributed by atoms with Gasteiger partial charge in [0.1, 0.15) is 0 Å². The average Bonchev–Trinajstić information content (AvgIpc) is 2.75. The lowest BCUT2D eigenvalue weighted by Crippen LogP contribution is -1.93. The van der Waals surface area contributed by atoms with Crippen LogP contribution in [-0.2, 0) is 6.54 Å². The van der Waals surface area contributed by atoms with Gasteiger partial charge < -0.3 is 5.73 Å². The van der Waals surface area contributed by atoms with E-state index in [0.717, 1.165) is 16.8 Å². The number of anilines is 1. The molecule has 0 amide bonds. The summed E-state index contributed by atoms with van der Waals surface area (Å²) >= 11 is 5.46. The van der Waals surface area contributed by atoms with Crippen molar-refractivity contribution in [3.63, 3.8) is 0 Å². The van der Waals surface area contributed by atoms with Crippen molar-refractivity contribution in [2.24, 2.45) is 0 Å². The molecule has 82 valence electrons. The van der Waals surface area contributed by atoms with Gasteiger partial charge in [-0.15, -0.1) is 0 Å². The molecule has 1 heterocycles. The fourth-order valence-corrected chi connectivity index (χ4v) is 1.56. The number of nitrogens with two attached hydrogens (primary N) is 1. The quantitative estimate of drug-likeness (QED) is 0.829. The molecule has 2 rings (SSSR count). The minimum absolute atomic E-state index is 0.672. The van der Waals surface area contributed by atoms with E-state index in [1.165, 1.54) is 5.54 Å². The van der Waals surface area contributed by atoms with Crippen molar-refractivity contribution in [2.45, 2.75) is 6.54 Å². The Morgan fingerprint density at radius 2 is 2.25 bits per heavy atom. The molecule has 0 radical (unpaired) electrons. The van der Waals surface area contributed by atoms with Crippen LogP contribution < -0.4 is 5.73 Å². The first kappa shape index (κ1) is 10.8. The Hall–Kier alpha value is -1.74.